The van der Waals surface area contributed by atoms with Gasteiger partial charge in [0.2, 0.25) is 11.8 Å². The Bertz CT molecular complexity index is 1360. The van der Waals surface area contributed by atoms with Crippen molar-refractivity contribution < 1.29 is 28.7 Å². The van der Waals surface area contributed by atoms with Crippen molar-refractivity contribution in [2.45, 2.75) is 37.5 Å². The first kappa shape index (κ1) is 26.0. The monoisotopic (exact) mass is 537 g/mol. The SMILES string of the molecule is COc1ccc(C(=O)COC(=O)CCCCCN2C(=O)[C@@H]3C4c5ccccc5C(c5ccccc54)[C@H]3C2=O)cc1. The second-order valence-electron chi connectivity index (χ2n) is 10.7. The molecule has 7 nitrogen and oxygen atoms in total. The van der Waals surface area contributed by atoms with Gasteiger partial charge in [0.1, 0.15) is 5.75 Å². The zero-order valence-corrected chi connectivity index (χ0v) is 22.4. The van der Waals surface area contributed by atoms with Gasteiger partial charge in [0.15, 0.2) is 12.4 Å². The third kappa shape index (κ3) is 4.39. The van der Waals surface area contributed by atoms with Crippen LogP contribution in [0, 0.1) is 11.8 Å². The summed E-state index contributed by atoms with van der Waals surface area (Å²) >= 11 is 0. The lowest BCUT2D eigenvalue weighted by Crippen LogP contribution is -2.41. The number of likely N-dealkylation sites (tertiary alicyclic amines) is 1. The first-order valence-electron chi connectivity index (χ1n) is 13.9. The van der Waals surface area contributed by atoms with Gasteiger partial charge in [-0.15, -0.1) is 0 Å². The summed E-state index contributed by atoms with van der Waals surface area (Å²) in [5, 5.41) is 0. The van der Waals surface area contributed by atoms with Crippen molar-refractivity contribution >= 4 is 23.6 Å². The minimum atomic E-state index is -0.437. The van der Waals surface area contributed by atoms with E-state index in [9.17, 15) is 19.2 Å². The summed E-state index contributed by atoms with van der Waals surface area (Å²) in [6, 6.07) is 23.1. The first-order valence-corrected chi connectivity index (χ1v) is 13.9. The molecule has 4 aliphatic rings. The maximum absolute atomic E-state index is 13.6. The molecule has 0 spiro atoms. The van der Waals surface area contributed by atoms with E-state index in [0.29, 0.717) is 37.1 Å². The Morgan fingerprint density at radius 2 is 1.25 bits per heavy atom. The van der Waals surface area contributed by atoms with Gasteiger partial charge in [0.05, 0.1) is 18.9 Å². The van der Waals surface area contributed by atoms with Gasteiger partial charge in [-0.05, 0) is 59.4 Å². The average Bonchev–Trinajstić information content (AvgIpc) is 3.25. The van der Waals surface area contributed by atoms with E-state index in [1.165, 1.54) is 27.2 Å². The summed E-state index contributed by atoms with van der Waals surface area (Å²) in [5.74, 6) is -1.14. The highest BCUT2D eigenvalue weighted by molar-refractivity contribution is 6.07. The smallest absolute Gasteiger partial charge is 0.306 e. The number of ketones is 1. The fourth-order valence-corrected chi connectivity index (χ4v) is 6.75. The van der Waals surface area contributed by atoms with Crippen LogP contribution < -0.4 is 4.74 Å². The lowest BCUT2D eigenvalue weighted by atomic mass is 9.55. The number of ether oxygens (including phenoxy) is 2. The molecule has 0 unspecified atom stereocenters. The number of nitrogens with zero attached hydrogens (tertiary/aromatic N) is 1. The van der Waals surface area contributed by atoms with Crippen LogP contribution in [-0.4, -0.2) is 48.7 Å². The zero-order chi connectivity index (χ0) is 27.8. The third-order valence-electron chi connectivity index (χ3n) is 8.58. The summed E-state index contributed by atoms with van der Waals surface area (Å²) < 4.78 is 10.2. The average molecular weight is 538 g/mol. The summed E-state index contributed by atoms with van der Waals surface area (Å²) in [6.45, 7) is 0.0413. The number of benzene rings is 3. The summed E-state index contributed by atoms with van der Waals surface area (Å²) in [4.78, 5) is 53.1. The van der Waals surface area contributed by atoms with E-state index in [0.717, 1.165) is 0 Å². The van der Waals surface area contributed by atoms with Crippen molar-refractivity contribution in [2.24, 2.45) is 11.8 Å². The van der Waals surface area contributed by atoms with Crippen LogP contribution in [0.1, 0.15) is 70.1 Å². The number of carbonyl (C=O) groups excluding carboxylic acids is 4. The topological polar surface area (TPSA) is 90.0 Å². The van der Waals surface area contributed by atoms with Crippen molar-refractivity contribution in [2.75, 3.05) is 20.3 Å². The number of unbranched alkanes of at least 4 members (excludes halogenated alkanes) is 2. The van der Waals surface area contributed by atoms with Gasteiger partial charge in [0, 0.05) is 30.4 Å². The van der Waals surface area contributed by atoms with E-state index in [1.54, 1.807) is 31.4 Å². The molecular weight excluding hydrogens is 506 g/mol. The zero-order valence-electron chi connectivity index (χ0n) is 22.4. The first-order chi connectivity index (χ1) is 19.5. The predicted molar refractivity (Wildman–Crippen MR) is 147 cm³/mol. The number of carbonyl (C=O) groups is 4. The molecule has 0 radical (unpaired) electrons. The number of esters is 1. The normalized spacial score (nSPS) is 22.0. The van der Waals surface area contributed by atoms with Crippen molar-refractivity contribution in [3.63, 3.8) is 0 Å². The highest BCUT2D eigenvalue weighted by Crippen LogP contribution is 2.60. The van der Waals surface area contributed by atoms with Gasteiger partial charge in [-0.3, -0.25) is 24.1 Å². The van der Waals surface area contributed by atoms with Crippen LogP contribution in [0.3, 0.4) is 0 Å². The van der Waals surface area contributed by atoms with Crippen LogP contribution in [0.25, 0.3) is 0 Å². The van der Waals surface area contributed by atoms with Gasteiger partial charge >= 0.3 is 5.97 Å². The molecule has 40 heavy (non-hydrogen) atoms. The van der Waals surface area contributed by atoms with E-state index in [4.69, 9.17) is 9.47 Å². The fourth-order valence-electron chi connectivity index (χ4n) is 6.75. The highest BCUT2D eigenvalue weighted by Gasteiger charge is 2.61. The number of hydrogen-bond acceptors (Lipinski definition) is 6. The van der Waals surface area contributed by atoms with Gasteiger partial charge in [0.25, 0.3) is 0 Å². The van der Waals surface area contributed by atoms with Gasteiger partial charge in [-0.25, -0.2) is 0 Å². The maximum Gasteiger partial charge on any atom is 0.306 e. The number of rotatable bonds is 10. The number of amides is 2. The maximum atomic E-state index is 13.6. The molecule has 0 aromatic heterocycles. The third-order valence-corrected chi connectivity index (χ3v) is 8.58. The molecule has 1 aliphatic heterocycles. The van der Waals surface area contributed by atoms with Crippen molar-refractivity contribution in [3.8, 4) is 5.75 Å². The van der Waals surface area contributed by atoms with Crippen LogP contribution in [0.2, 0.25) is 0 Å². The van der Waals surface area contributed by atoms with Crippen LogP contribution in [0.15, 0.2) is 72.8 Å². The molecule has 1 fully saturated rings. The molecule has 0 saturated carbocycles. The molecule has 7 rings (SSSR count). The molecule has 7 heteroatoms. The van der Waals surface area contributed by atoms with Gasteiger partial charge < -0.3 is 9.47 Å². The Hall–Kier alpha value is -4.26. The van der Waals surface area contributed by atoms with Crippen LogP contribution in [-0.2, 0) is 19.1 Å². The molecule has 3 aromatic carbocycles. The Morgan fingerprint density at radius 1 is 0.725 bits per heavy atom. The van der Waals surface area contributed by atoms with E-state index in [1.807, 2.05) is 24.3 Å². The van der Waals surface area contributed by atoms with E-state index >= 15 is 0 Å². The lowest BCUT2D eigenvalue weighted by molar-refractivity contribution is -0.143. The van der Waals surface area contributed by atoms with Crippen LogP contribution in [0.5, 0.6) is 5.75 Å². The summed E-state index contributed by atoms with van der Waals surface area (Å²) in [7, 11) is 1.55. The summed E-state index contributed by atoms with van der Waals surface area (Å²) in [6.07, 6.45) is 2.02. The molecule has 2 bridgehead atoms. The van der Waals surface area contributed by atoms with Gasteiger partial charge in [-0.1, -0.05) is 55.0 Å². The second-order valence-corrected chi connectivity index (χ2v) is 10.7. The summed E-state index contributed by atoms with van der Waals surface area (Å²) in [5.41, 5.74) is 5.12. The quantitative estimate of drug-likeness (QED) is 0.159. The lowest BCUT2D eigenvalue weighted by Gasteiger charge is -2.45. The standard InChI is InChI=1S/C33H31NO6/c1-39-21-16-14-20(15-17-21)26(35)19-40-27(36)13-3-2-8-18-34-32(37)30-28-22-9-4-5-10-23(22)29(31(30)33(34)38)25-12-7-6-11-24(25)28/h4-7,9-12,14-17,28-31H,2-3,8,13,18-19H2,1H3/t28?,29?,30-,31-/m1/s1. The number of imide groups is 1. The minimum Gasteiger partial charge on any atom is -0.497 e. The molecule has 2 atom stereocenters. The molecule has 1 heterocycles. The van der Waals surface area contributed by atoms with Gasteiger partial charge in [-0.2, -0.15) is 0 Å². The Kier molecular flexibility index (Phi) is 6.96. The van der Waals surface area contributed by atoms with E-state index < -0.39 is 5.97 Å². The van der Waals surface area contributed by atoms with Crippen molar-refractivity contribution in [3.05, 3.63) is 101 Å². The largest absolute Gasteiger partial charge is 0.497 e. The fraction of sp³-hybridized carbons (Fsp3) is 0.333. The molecule has 1 saturated heterocycles. The molecule has 2 amide bonds. The van der Waals surface area contributed by atoms with Crippen molar-refractivity contribution in [1.82, 2.24) is 4.90 Å². The Balaban J connectivity index is 1.01. The predicted octanol–water partition coefficient (Wildman–Crippen LogP) is 4.87. The minimum absolute atomic E-state index is 0.0783. The van der Waals surface area contributed by atoms with Crippen molar-refractivity contribution in [1.29, 1.82) is 0 Å². The molecule has 3 aliphatic carbocycles. The van der Waals surface area contributed by atoms with E-state index in [2.05, 4.69) is 24.3 Å². The van der Waals surface area contributed by atoms with Crippen LogP contribution >= 0.6 is 0 Å². The van der Waals surface area contributed by atoms with E-state index in [-0.39, 0.29) is 54.3 Å². The Labute approximate surface area is 233 Å². The molecule has 0 N–H and O–H groups in total. The molecule has 3 aromatic rings. The van der Waals surface area contributed by atoms with Crippen LogP contribution in [0.4, 0.5) is 0 Å². The molecular formula is C33H31NO6. The molecule has 204 valence electrons. The highest BCUT2D eigenvalue weighted by atomic mass is 16.5. The number of methoxy groups -OCH3 is 1. The number of Topliss-reactive ketones (excluding diaryl/α,β-unsaturated/α-hetero) is 1. The number of hydrogen-bond donors (Lipinski definition) is 0. The Morgan fingerprint density at radius 3 is 1.75 bits per heavy atom. The second kappa shape index (κ2) is 10.7.